The van der Waals surface area contributed by atoms with Crippen molar-refractivity contribution in [3.05, 3.63) is 23.8 Å². The summed E-state index contributed by atoms with van der Waals surface area (Å²) < 4.78 is 0.322. The van der Waals surface area contributed by atoms with Crippen LogP contribution in [-0.4, -0.2) is 11.3 Å². The number of fused-ring (bicyclic) bond motifs is 1. The number of hydrogen-bond acceptors (Lipinski definition) is 2. The minimum absolute atomic E-state index is 0. The SMILES string of the molecule is CC.Cc1ccc2c(c1)NCC(C)(C)S2.[HH]. The molecule has 1 aromatic carbocycles. The van der Waals surface area contributed by atoms with Crippen LogP contribution in [0.25, 0.3) is 0 Å². The highest BCUT2D eigenvalue weighted by atomic mass is 32.2. The zero-order valence-corrected chi connectivity index (χ0v) is 11.2. The van der Waals surface area contributed by atoms with Gasteiger partial charge in [0, 0.05) is 23.3 Å². The van der Waals surface area contributed by atoms with E-state index in [9.17, 15) is 0 Å². The third-order valence-corrected chi connectivity index (χ3v) is 3.50. The zero-order valence-electron chi connectivity index (χ0n) is 10.3. The molecule has 1 heterocycles. The highest BCUT2D eigenvalue weighted by Gasteiger charge is 2.25. The number of anilines is 1. The first kappa shape index (κ1) is 12.4. The van der Waals surface area contributed by atoms with Crippen molar-refractivity contribution < 1.29 is 1.43 Å². The van der Waals surface area contributed by atoms with Gasteiger partial charge in [0.25, 0.3) is 0 Å². The normalized spacial score (nSPS) is 16.9. The Morgan fingerprint density at radius 2 is 2.00 bits per heavy atom. The Morgan fingerprint density at radius 1 is 1.33 bits per heavy atom. The van der Waals surface area contributed by atoms with Gasteiger partial charge in [0.15, 0.2) is 0 Å². The highest BCUT2D eigenvalue weighted by Crippen LogP contribution is 2.41. The molecule has 1 N–H and O–H groups in total. The molecule has 0 aliphatic carbocycles. The highest BCUT2D eigenvalue weighted by molar-refractivity contribution is 8.00. The first-order valence-corrected chi connectivity index (χ1v) is 6.42. The average Bonchev–Trinajstić information content (AvgIpc) is 2.21. The summed E-state index contributed by atoms with van der Waals surface area (Å²) >= 11 is 1.96. The van der Waals surface area contributed by atoms with Crippen molar-refractivity contribution >= 4 is 17.4 Å². The van der Waals surface area contributed by atoms with E-state index in [1.807, 2.05) is 25.6 Å². The van der Waals surface area contributed by atoms with Crippen LogP contribution >= 0.6 is 11.8 Å². The topological polar surface area (TPSA) is 12.0 Å². The van der Waals surface area contributed by atoms with E-state index in [1.165, 1.54) is 16.1 Å². The van der Waals surface area contributed by atoms with Crippen molar-refractivity contribution in [2.75, 3.05) is 11.9 Å². The van der Waals surface area contributed by atoms with Gasteiger partial charge in [-0.1, -0.05) is 19.9 Å². The smallest absolute Gasteiger partial charge is 0.0481 e. The van der Waals surface area contributed by atoms with Crippen LogP contribution < -0.4 is 5.32 Å². The minimum atomic E-state index is 0. The lowest BCUT2D eigenvalue weighted by atomic mass is 10.1. The Labute approximate surface area is 99.1 Å². The van der Waals surface area contributed by atoms with Gasteiger partial charge in [0.2, 0.25) is 0 Å². The van der Waals surface area contributed by atoms with E-state index < -0.39 is 0 Å². The standard InChI is InChI=1S/C11H15NS.C2H6.H2/c1-8-4-5-10-9(6-8)12-7-11(2,3)13-10;1-2;/h4-6,12H,7H2,1-3H3;1-2H3;1H. The molecule has 0 fully saturated rings. The summed E-state index contributed by atoms with van der Waals surface area (Å²) in [4.78, 5) is 1.38. The molecule has 0 atom stereocenters. The maximum absolute atomic E-state index is 3.47. The molecule has 0 radical (unpaired) electrons. The van der Waals surface area contributed by atoms with Gasteiger partial charge in [0.05, 0.1) is 0 Å². The Bertz CT molecular complexity index is 337. The van der Waals surface area contributed by atoms with Crippen LogP contribution in [0.2, 0.25) is 0 Å². The predicted molar refractivity (Wildman–Crippen MR) is 73.1 cm³/mol. The van der Waals surface area contributed by atoms with Crippen LogP contribution in [-0.2, 0) is 0 Å². The second kappa shape index (κ2) is 4.93. The maximum Gasteiger partial charge on any atom is 0.0481 e. The minimum Gasteiger partial charge on any atom is -0.383 e. The molecule has 0 saturated heterocycles. The molecule has 1 nitrogen and oxygen atoms in total. The summed E-state index contributed by atoms with van der Waals surface area (Å²) in [7, 11) is 0. The van der Waals surface area contributed by atoms with Gasteiger partial charge in [-0.2, -0.15) is 0 Å². The molecule has 2 rings (SSSR count). The second-order valence-corrected chi connectivity index (χ2v) is 5.96. The number of benzene rings is 1. The molecule has 2 heteroatoms. The maximum atomic E-state index is 3.47. The molecule has 0 amide bonds. The molecular formula is C13H23NS. The molecule has 0 aromatic heterocycles. The van der Waals surface area contributed by atoms with Gasteiger partial charge in [-0.25, -0.2) is 0 Å². The Hall–Kier alpha value is -0.630. The van der Waals surface area contributed by atoms with E-state index in [0.29, 0.717) is 4.75 Å². The van der Waals surface area contributed by atoms with E-state index in [2.05, 4.69) is 44.3 Å². The Kier molecular flexibility index (Phi) is 4.09. The molecule has 1 aliphatic heterocycles. The molecule has 0 unspecified atom stereocenters. The van der Waals surface area contributed by atoms with E-state index in [4.69, 9.17) is 0 Å². The van der Waals surface area contributed by atoms with E-state index in [0.717, 1.165) is 6.54 Å². The molecule has 0 saturated carbocycles. The quantitative estimate of drug-likeness (QED) is 0.694. The van der Waals surface area contributed by atoms with Crippen molar-refractivity contribution in [3.8, 4) is 0 Å². The van der Waals surface area contributed by atoms with Crippen molar-refractivity contribution in [3.63, 3.8) is 0 Å². The molecular weight excluding hydrogens is 202 g/mol. The van der Waals surface area contributed by atoms with E-state index in [-0.39, 0.29) is 1.43 Å². The Balaban J connectivity index is 0.000000711. The fraction of sp³-hybridized carbons (Fsp3) is 0.538. The van der Waals surface area contributed by atoms with Gasteiger partial charge in [-0.05, 0) is 38.5 Å². The molecule has 1 aliphatic rings. The largest absolute Gasteiger partial charge is 0.383 e. The predicted octanol–water partition coefficient (Wildman–Crippen LogP) is 4.56. The first-order valence-electron chi connectivity index (χ1n) is 5.60. The lowest BCUT2D eigenvalue weighted by molar-refractivity contribution is 0.739. The zero-order chi connectivity index (χ0) is 11.5. The molecule has 15 heavy (non-hydrogen) atoms. The Morgan fingerprint density at radius 3 is 2.67 bits per heavy atom. The summed E-state index contributed by atoms with van der Waals surface area (Å²) in [6, 6.07) is 6.61. The monoisotopic (exact) mass is 225 g/mol. The van der Waals surface area contributed by atoms with Crippen molar-refractivity contribution in [2.45, 2.75) is 44.3 Å². The van der Waals surface area contributed by atoms with Crippen molar-refractivity contribution in [1.82, 2.24) is 0 Å². The lowest BCUT2D eigenvalue weighted by Gasteiger charge is -2.31. The summed E-state index contributed by atoms with van der Waals surface area (Å²) in [5.74, 6) is 0. The lowest BCUT2D eigenvalue weighted by Crippen LogP contribution is -2.29. The summed E-state index contributed by atoms with van der Waals surface area (Å²) in [6.45, 7) is 11.7. The third-order valence-electron chi connectivity index (χ3n) is 2.23. The molecule has 1 aromatic rings. The molecule has 86 valence electrons. The van der Waals surface area contributed by atoms with Gasteiger partial charge in [0.1, 0.15) is 0 Å². The number of hydrogen-bond donors (Lipinski definition) is 1. The first-order chi connectivity index (χ1) is 7.07. The number of aryl methyl sites for hydroxylation is 1. The van der Waals surface area contributed by atoms with Crippen molar-refractivity contribution in [1.29, 1.82) is 0 Å². The fourth-order valence-electron chi connectivity index (χ4n) is 1.51. The summed E-state index contributed by atoms with van der Waals surface area (Å²) in [6.07, 6.45) is 0. The van der Waals surface area contributed by atoms with Crippen LogP contribution in [0.15, 0.2) is 23.1 Å². The van der Waals surface area contributed by atoms with Crippen LogP contribution in [0.1, 0.15) is 34.7 Å². The van der Waals surface area contributed by atoms with Gasteiger partial charge >= 0.3 is 0 Å². The van der Waals surface area contributed by atoms with Crippen LogP contribution in [0, 0.1) is 6.92 Å². The fourth-order valence-corrected chi connectivity index (χ4v) is 2.63. The molecule has 0 bridgehead atoms. The van der Waals surface area contributed by atoms with E-state index in [1.54, 1.807) is 0 Å². The second-order valence-electron chi connectivity index (χ2n) is 4.21. The van der Waals surface area contributed by atoms with Crippen molar-refractivity contribution in [2.24, 2.45) is 0 Å². The average molecular weight is 225 g/mol. The van der Waals surface area contributed by atoms with Crippen LogP contribution in [0.4, 0.5) is 5.69 Å². The molecule has 0 spiro atoms. The number of thioether (sulfide) groups is 1. The van der Waals surface area contributed by atoms with Crippen LogP contribution in [0.3, 0.4) is 0 Å². The summed E-state index contributed by atoms with van der Waals surface area (Å²) in [5.41, 5.74) is 2.62. The summed E-state index contributed by atoms with van der Waals surface area (Å²) in [5, 5.41) is 3.47. The number of nitrogens with one attached hydrogen (secondary N) is 1. The van der Waals surface area contributed by atoms with Gasteiger partial charge < -0.3 is 5.32 Å². The van der Waals surface area contributed by atoms with E-state index >= 15 is 0 Å². The number of rotatable bonds is 0. The van der Waals surface area contributed by atoms with Gasteiger partial charge in [-0.15, -0.1) is 11.8 Å². The third kappa shape index (κ3) is 3.16. The van der Waals surface area contributed by atoms with Gasteiger partial charge in [-0.3, -0.25) is 0 Å². The van der Waals surface area contributed by atoms with Crippen LogP contribution in [0.5, 0.6) is 0 Å².